The van der Waals surface area contributed by atoms with Crippen LogP contribution in [-0.2, 0) is 14.8 Å². The lowest BCUT2D eigenvalue weighted by atomic mass is 10.2. The lowest BCUT2D eigenvalue weighted by molar-refractivity contribution is -0.117. The summed E-state index contributed by atoms with van der Waals surface area (Å²) in [6.07, 6.45) is 0.585. The highest BCUT2D eigenvalue weighted by Gasteiger charge is 2.30. The van der Waals surface area contributed by atoms with E-state index < -0.39 is 20.9 Å². The molecule has 0 aliphatic rings. The smallest absolute Gasteiger partial charge is 0.396 e. The van der Waals surface area contributed by atoms with Gasteiger partial charge >= 0.3 is 4.94 Å². The molecule has 0 unspecified atom stereocenters. The van der Waals surface area contributed by atoms with Crippen molar-refractivity contribution in [1.82, 2.24) is 0 Å². The van der Waals surface area contributed by atoms with Crippen LogP contribution in [0.4, 0.5) is 5.69 Å². The summed E-state index contributed by atoms with van der Waals surface area (Å²) < 4.78 is 33.2. The Hall–Kier alpha value is -1.97. The van der Waals surface area contributed by atoms with E-state index in [-0.39, 0.29) is 17.0 Å². The van der Waals surface area contributed by atoms with Crippen molar-refractivity contribution in [1.29, 1.82) is 0 Å². The molecule has 0 fully saturated rings. The third-order valence-electron chi connectivity index (χ3n) is 3.59. The van der Waals surface area contributed by atoms with E-state index in [0.29, 0.717) is 16.7 Å². The van der Waals surface area contributed by atoms with Crippen LogP contribution in [0.15, 0.2) is 61.0 Å². The van der Waals surface area contributed by atoms with E-state index in [2.05, 4.69) is 15.9 Å². The SMILES string of the molecule is CCCC(=O)N(c1ccc2oc(=O)sc2c1)S(=O)(=O)c1ccc(Br)cc1. The van der Waals surface area contributed by atoms with Crippen molar-refractivity contribution in [2.24, 2.45) is 0 Å². The third kappa shape index (κ3) is 3.60. The predicted octanol–water partition coefficient (Wildman–Crippen LogP) is 4.14. The Morgan fingerprint density at radius 3 is 2.54 bits per heavy atom. The maximum atomic E-state index is 13.1. The summed E-state index contributed by atoms with van der Waals surface area (Å²) in [6.45, 7) is 1.80. The third-order valence-corrected chi connectivity index (χ3v) is 6.67. The van der Waals surface area contributed by atoms with Crippen molar-refractivity contribution in [2.45, 2.75) is 24.7 Å². The first-order valence-corrected chi connectivity index (χ1v) is 10.8. The molecule has 0 saturated heterocycles. The molecule has 0 radical (unpaired) electrons. The number of carbonyl (C=O) groups excluding carboxylic acids is 1. The lowest BCUT2D eigenvalue weighted by Gasteiger charge is -2.22. The van der Waals surface area contributed by atoms with Crippen LogP contribution in [0.25, 0.3) is 10.3 Å². The van der Waals surface area contributed by atoms with Gasteiger partial charge in [0, 0.05) is 10.9 Å². The fraction of sp³-hybridized carbons (Fsp3) is 0.176. The average molecular weight is 456 g/mol. The van der Waals surface area contributed by atoms with Gasteiger partial charge in [-0.1, -0.05) is 34.2 Å². The second-order valence-corrected chi connectivity index (χ2v) is 9.13. The van der Waals surface area contributed by atoms with Crippen LogP contribution in [0, 0.1) is 0 Å². The van der Waals surface area contributed by atoms with Crippen molar-refractivity contribution in [3.8, 4) is 0 Å². The quantitative estimate of drug-likeness (QED) is 0.576. The number of amides is 1. The highest BCUT2D eigenvalue weighted by Crippen LogP contribution is 2.30. The van der Waals surface area contributed by atoms with Crippen molar-refractivity contribution < 1.29 is 17.6 Å². The van der Waals surface area contributed by atoms with Gasteiger partial charge in [-0.2, -0.15) is 0 Å². The van der Waals surface area contributed by atoms with Gasteiger partial charge in [0.1, 0.15) is 5.58 Å². The minimum absolute atomic E-state index is 0.00521. The molecule has 0 saturated carbocycles. The van der Waals surface area contributed by atoms with Crippen molar-refractivity contribution in [3.63, 3.8) is 0 Å². The Labute approximate surface area is 162 Å². The largest absolute Gasteiger partial charge is 0.414 e. The topological polar surface area (TPSA) is 84.7 Å². The molecule has 0 aliphatic carbocycles. The molecule has 0 aliphatic heterocycles. The number of sulfonamides is 1. The highest BCUT2D eigenvalue weighted by molar-refractivity contribution is 9.10. The number of hydrogen-bond donors (Lipinski definition) is 0. The number of hydrogen-bond acceptors (Lipinski definition) is 6. The van der Waals surface area contributed by atoms with Crippen LogP contribution in [0.2, 0.25) is 0 Å². The zero-order valence-corrected chi connectivity index (χ0v) is 16.9. The van der Waals surface area contributed by atoms with E-state index in [0.717, 1.165) is 20.1 Å². The average Bonchev–Trinajstić information content (AvgIpc) is 2.95. The molecule has 1 amide bonds. The molecule has 3 rings (SSSR count). The monoisotopic (exact) mass is 455 g/mol. The first-order valence-electron chi connectivity index (χ1n) is 7.70. The van der Waals surface area contributed by atoms with E-state index in [4.69, 9.17) is 4.42 Å². The highest BCUT2D eigenvalue weighted by atomic mass is 79.9. The number of fused-ring (bicyclic) bond motifs is 1. The van der Waals surface area contributed by atoms with Crippen LogP contribution in [0.3, 0.4) is 0 Å². The van der Waals surface area contributed by atoms with E-state index in [9.17, 15) is 18.0 Å². The summed E-state index contributed by atoms with van der Waals surface area (Å²) in [5.74, 6) is -0.536. The van der Waals surface area contributed by atoms with E-state index in [1.807, 2.05) is 0 Å². The molecule has 2 aromatic carbocycles. The second-order valence-electron chi connectivity index (χ2n) is 5.45. The summed E-state index contributed by atoms with van der Waals surface area (Å²) in [4.78, 5) is 23.6. The number of halogens is 1. The Balaban J connectivity index is 2.16. The van der Waals surface area contributed by atoms with Crippen LogP contribution < -0.4 is 9.24 Å². The van der Waals surface area contributed by atoms with Crippen molar-refractivity contribution >= 4 is 59.2 Å². The summed E-state index contributed by atoms with van der Waals surface area (Å²) in [7, 11) is -4.10. The van der Waals surface area contributed by atoms with Gasteiger partial charge < -0.3 is 4.42 Å². The van der Waals surface area contributed by atoms with E-state index >= 15 is 0 Å². The predicted molar refractivity (Wildman–Crippen MR) is 104 cm³/mol. The van der Waals surface area contributed by atoms with Crippen LogP contribution in [0.5, 0.6) is 0 Å². The van der Waals surface area contributed by atoms with Gasteiger partial charge in [-0.15, -0.1) is 0 Å². The van der Waals surface area contributed by atoms with Gasteiger partial charge in [0.15, 0.2) is 0 Å². The molecule has 136 valence electrons. The first-order chi connectivity index (χ1) is 12.3. The van der Waals surface area contributed by atoms with Crippen LogP contribution in [-0.4, -0.2) is 14.3 Å². The number of anilines is 1. The second kappa shape index (κ2) is 7.34. The number of rotatable bonds is 5. The summed E-state index contributed by atoms with van der Waals surface area (Å²) in [5, 5.41) is 0. The molecule has 6 nitrogen and oxygen atoms in total. The molecule has 9 heteroatoms. The lowest BCUT2D eigenvalue weighted by Crippen LogP contribution is -2.36. The van der Waals surface area contributed by atoms with Gasteiger partial charge in [-0.3, -0.25) is 4.79 Å². The van der Waals surface area contributed by atoms with Gasteiger partial charge in [-0.05, 0) is 48.9 Å². The van der Waals surface area contributed by atoms with Gasteiger partial charge in [0.25, 0.3) is 10.0 Å². The Kier molecular flexibility index (Phi) is 5.31. The van der Waals surface area contributed by atoms with Crippen molar-refractivity contribution in [3.05, 3.63) is 56.7 Å². The van der Waals surface area contributed by atoms with Gasteiger partial charge in [0.05, 0.1) is 15.3 Å². The molecule has 0 N–H and O–H groups in total. The van der Waals surface area contributed by atoms with Crippen LogP contribution >= 0.6 is 27.3 Å². The Morgan fingerprint density at radius 1 is 1.19 bits per heavy atom. The van der Waals surface area contributed by atoms with Crippen molar-refractivity contribution in [2.75, 3.05) is 4.31 Å². The molecule has 1 heterocycles. The summed E-state index contributed by atoms with van der Waals surface area (Å²) >= 11 is 4.12. The summed E-state index contributed by atoms with van der Waals surface area (Å²) in [6, 6.07) is 10.5. The summed E-state index contributed by atoms with van der Waals surface area (Å²) in [5.41, 5.74) is 0.531. The molecule has 1 aromatic heterocycles. The molecule has 0 bridgehead atoms. The minimum Gasteiger partial charge on any atom is -0.414 e. The molecule has 26 heavy (non-hydrogen) atoms. The molecule has 3 aromatic rings. The zero-order valence-electron chi connectivity index (χ0n) is 13.6. The molecule has 0 spiro atoms. The number of nitrogens with zero attached hydrogens (tertiary/aromatic N) is 1. The van der Waals surface area contributed by atoms with Gasteiger partial charge in [-0.25, -0.2) is 17.5 Å². The maximum absolute atomic E-state index is 13.1. The Bertz CT molecular complexity index is 1120. The molecule has 0 atom stereocenters. The minimum atomic E-state index is -4.10. The standard InChI is InChI=1S/C17H14BrNO5S2/c1-2-3-16(20)19(26(22,23)13-7-4-11(18)5-8-13)12-6-9-14-15(10-12)25-17(21)24-14/h4-10H,2-3H2,1H3. The van der Waals surface area contributed by atoms with E-state index in [1.54, 1.807) is 19.1 Å². The molecular weight excluding hydrogens is 442 g/mol. The van der Waals surface area contributed by atoms with Crippen LogP contribution in [0.1, 0.15) is 19.8 Å². The number of benzene rings is 2. The van der Waals surface area contributed by atoms with E-state index in [1.165, 1.54) is 30.3 Å². The first kappa shape index (κ1) is 18.8. The number of carbonyl (C=O) groups is 1. The van der Waals surface area contributed by atoms with Gasteiger partial charge in [0.2, 0.25) is 5.91 Å². The molecular formula is C17H14BrNO5S2. The fourth-order valence-electron chi connectivity index (χ4n) is 2.43. The normalized spacial score (nSPS) is 11.6. The maximum Gasteiger partial charge on any atom is 0.396 e. The Morgan fingerprint density at radius 2 is 1.88 bits per heavy atom. The fourth-order valence-corrected chi connectivity index (χ4v) is 4.84. The zero-order chi connectivity index (χ0) is 18.9.